The zero-order valence-electron chi connectivity index (χ0n) is 12.3. The SMILES string of the molecule is CN1C(=O)C(C=Nc2ccc(S(N)(=O)=O)cc2)C(=O)N(C)C1=S. The summed E-state index contributed by atoms with van der Waals surface area (Å²) in [5, 5.41) is 5.13. The number of amides is 2. The van der Waals surface area contributed by atoms with Crippen molar-refractivity contribution in [1.29, 1.82) is 0 Å². The van der Waals surface area contributed by atoms with E-state index in [2.05, 4.69) is 4.99 Å². The Kier molecular flexibility index (Phi) is 4.59. The number of primary sulfonamides is 1. The van der Waals surface area contributed by atoms with E-state index in [1.807, 2.05) is 0 Å². The highest BCUT2D eigenvalue weighted by Gasteiger charge is 2.39. The van der Waals surface area contributed by atoms with Gasteiger partial charge in [-0.15, -0.1) is 0 Å². The van der Waals surface area contributed by atoms with Gasteiger partial charge in [0.1, 0.15) is 0 Å². The highest BCUT2D eigenvalue weighted by atomic mass is 32.2. The lowest BCUT2D eigenvalue weighted by atomic mass is 10.1. The van der Waals surface area contributed by atoms with Crippen LogP contribution in [-0.4, -0.2) is 55.5 Å². The maximum absolute atomic E-state index is 12.1. The zero-order chi connectivity index (χ0) is 17.4. The monoisotopic (exact) mass is 354 g/mol. The summed E-state index contributed by atoms with van der Waals surface area (Å²) < 4.78 is 22.3. The molecule has 0 aliphatic carbocycles. The molecule has 0 spiro atoms. The summed E-state index contributed by atoms with van der Waals surface area (Å²) in [6.45, 7) is 0. The van der Waals surface area contributed by atoms with E-state index in [0.29, 0.717) is 5.69 Å². The second-order valence-electron chi connectivity index (χ2n) is 4.87. The molecule has 2 amide bonds. The molecule has 0 radical (unpaired) electrons. The first kappa shape index (κ1) is 17.2. The number of carbonyl (C=O) groups is 2. The van der Waals surface area contributed by atoms with Crippen molar-refractivity contribution in [3.8, 4) is 0 Å². The van der Waals surface area contributed by atoms with Crippen molar-refractivity contribution in [1.82, 2.24) is 9.80 Å². The fraction of sp³-hybridized carbons (Fsp3) is 0.231. The molecule has 1 aromatic rings. The Bertz CT molecular complexity index is 778. The van der Waals surface area contributed by atoms with Crippen LogP contribution < -0.4 is 5.14 Å². The summed E-state index contributed by atoms with van der Waals surface area (Å²) in [6.07, 6.45) is 1.21. The Morgan fingerprint density at radius 1 is 1.13 bits per heavy atom. The van der Waals surface area contributed by atoms with Gasteiger partial charge in [0, 0.05) is 20.3 Å². The molecule has 1 saturated heterocycles. The fourth-order valence-corrected chi connectivity index (χ4v) is 2.64. The first-order valence-corrected chi connectivity index (χ1v) is 8.34. The van der Waals surface area contributed by atoms with Gasteiger partial charge in [0.15, 0.2) is 11.0 Å². The number of sulfonamides is 1. The third-order valence-corrected chi connectivity index (χ3v) is 4.78. The van der Waals surface area contributed by atoms with Gasteiger partial charge in [-0.2, -0.15) is 0 Å². The molecular formula is C13H14N4O4S2. The molecular weight excluding hydrogens is 340 g/mol. The van der Waals surface area contributed by atoms with Gasteiger partial charge in [0.05, 0.1) is 10.6 Å². The minimum Gasteiger partial charge on any atom is -0.291 e. The predicted octanol–water partition coefficient (Wildman–Crippen LogP) is -0.132. The molecule has 0 bridgehead atoms. The van der Waals surface area contributed by atoms with E-state index < -0.39 is 27.8 Å². The van der Waals surface area contributed by atoms with Crippen LogP contribution in [0.5, 0.6) is 0 Å². The van der Waals surface area contributed by atoms with Crippen LogP contribution in [0.15, 0.2) is 34.2 Å². The predicted molar refractivity (Wildman–Crippen MR) is 87.6 cm³/mol. The van der Waals surface area contributed by atoms with Crippen LogP contribution in [0.1, 0.15) is 0 Å². The van der Waals surface area contributed by atoms with Crippen LogP contribution in [0.3, 0.4) is 0 Å². The number of thiocarbonyl (C=S) groups is 1. The van der Waals surface area contributed by atoms with Gasteiger partial charge in [-0.25, -0.2) is 13.6 Å². The summed E-state index contributed by atoms with van der Waals surface area (Å²) >= 11 is 4.98. The summed E-state index contributed by atoms with van der Waals surface area (Å²) in [5.41, 5.74) is 0.386. The van der Waals surface area contributed by atoms with Crippen LogP contribution in [0, 0.1) is 5.92 Å². The number of benzene rings is 1. The molecule has 1 fully saturated rings. The molecule has 23 heavy (non-hydrogen) atoms. The third kappa shape index (κ3) is 3.44. The molecule has 0 aromatic heterocycles. The molecule has 0 saturated carbocycles. The van der Waals surface area contributed by atoms with Crippen molar-refractivity contribution < 1.29 is 18.0 Å². The van der Waals surface area contributed by atoms with Gasteiger partial charge >= 0.3 is 0 Å². The summed E-state index contributed by atoms with van der Waals surface area (Å²) in [6, 6.07) is 5.43. The Hall–Kier alpha value is -2.17. The Labute approximate surface area is 138 Å². The van der Waals surface area contributed by atoms with E-state index in [-0.39, 0.29) is 10.0 Å². The van der Waals surface area contributed by atoms with Crippen LogP contribution in [0.2, 0.25) is 0 Å². The van der Waals surface area contributed by atoms with E-state index in [0.717, 1.165) is 0 Å². The highest BCUT2D eigenvalue weighted by molar-refractivity contribution is 7.89. The second kappa shape index (κ2) is 6.14. The molecule has 1 aliphatic heterocycles. The molecule has 8 nitrogen and oxygen atoms in total. The summed E-state index contributed by atoms with van der Waals surface area (Å²) in [5.74, 6) is -2.01. The number of hydrogen-bond donors (Lipinski definition) is 1. The van der Waals surface area contributed by atoms with Crippen LogP contribution in [-0.2, 0) is 19.6 Å². The van der Waals surface area contributed by atoms with Gasteiger partial charge in [0.2, 0.25) is 21.8 Å². The van der Waals surface area contributed by atoms with Gasteiger partial charge in [-0.1, -0.05) is 0 Å². The average molecular weight is 354 g/mol. The minimum absolute atomic E-state index is 0.0499. The molecule has 10 heteroatoms. The summed E-state index contributed by atoms with van der Waals surface area (Å²) in [7, 11) is -0.818. The normalized spacial score (nSPS) is 17.4. The van der Waals surface area contributed by atoms with Crippen LogP contribution in [0.4, 0.5) is 5.69 Å². The Morgan fingerprint density at radius 2 is 1.61 bits per heavy atom. The maximum Gasteiger partial charge on any atom is 0.246 e. The Morgan fingerprint density at radius 3 is 2.04 bits per heavy atom. The van der Waals surface area contributed by atoms with E-state index >= 15 is 0 Å². The van der Waals surface area contributed by atoms with Crippen LogP contribution >= 0.6 is 12.2 Å². The van der Waals surface area contributed by atoms with Crippen molar-refractivity contribution in [2.24, 2.45) is 16.0 Å². The van der Waals surface area contributed by atoms with Crippen molar-refractivity contribution in [3.63, 3.8) is 0 Å². The van der Waals surface area contributed by atoms with Gasteiger partial charge < -0.3 is 0 Å². The molecule has 2 rings (SSSR count). The van der Waals surface area contributed by atoms with Crippen molar-refractivity contribution >= 4 is 51.1 Å². The number of rotatable bonds is 3. The molecule has 2 N–H and O–H groups in total. The summed E-state index contributed by atoms with van der Waals surface area (Å²) in [4.78, 5) is 30.6. The molecule has 0 unspecified atom stereocenters. The number of hydrogen-bond acceptors (Lipinski definition) is 6. The second-order valence-corrected chi connectivity index (χ2v) is 6.80. The number of nitrogens with zero attached hydrogens (tertiary/aromatic N) is 3. The lowest BCUT2D eigenvalue weighted by Crippen LogP contribution is -2.57. The molecule has 1 aromatic carbocycles. The van der Waals surface area contributed by atoms with Crippen LogP contribution in [0.25, 0.3) is 0 Å². The first-order valence-electron chi connectivity index (χ1n) is 6.39. The number of nitrogens with two attached hydrogens (primary N) is 1. The van der Waals surface area contributed by atoms with Crippen molar-refractivity contribution in [3.05, 3.63) is 24.3 Å². The van der Waals surface area contributed by atoms with Gasteiger partial charge in [-0.05, 0) is 36.5 Å². The minimum atomic E-state index is -3.78. The standard InChI is InChI=1S/C13H14N4O4S2/c1-16-11(18)10(12(19)17(2)13(16)22)7-15-8-3-5-9(6-4-8)23(14,20)21/h3-7,10H,1-2H3,(H2,14,20,21). The quantitative estimate of drug-likeness (QED) is 0.461. The fourth-order valence-electron chi connectivity index (χ4n) is 1.95. The first-order chi connectivity index (χ1) is 10.6. The Balaban J connectivity index is 2.24. The topological polar surface area (TPSA) is 113 Å². The van der Waals surface area contributed by atoms with Gasteiger partial charge in [-0.3, -0.25) is 24.4 Å². The highest BCUT2D eigenvalue weighted by Crippen LogP contribution is 2.18. The van der Waals surface area contributed by atoms with E-state index in [1.54, 1.807) is 0 Å². The largest absolute Gasteiger partial charge is 0.291 e. The lowest BCUT2D eigenvalue weighted by molar-refractivity contribution is -0.142. The lowest BCUT2D eigenvalue weighted by Gasteiger charge is -2.33. The van der Waals surface area contributed by atoms with Crippen molar-refractivity contribution in [2.75, 3.05) is 14.1 Å². The van der Waals surface area contributed by atoms with Crippen molar-refractivity contribution in [2.45, 2.75) is 4.90 Å². The molecule has 0 atom stereocenters. The van der Waals surface area contributed by atoms with E-state index in [4.69, 9.17) is 17.4 Å². The number of carbonyl (C=O) groups excluding carboxylic acids is 2. The average Bonchev–Trinajstić information content (AvgIpc) is 2.50. The zero-order valence-corrected chi connectivity index (χ0v) is 14.0. The molecule has 122 valence electrons. The molecule has 1 aliphatic rings. The van der Waals surface area contributed by atoms with E-state index in [9.17, 15) is 18.0 Å². The number of aliphatic imine (C=N–C) groups is 1. The van der Waals surface area contributed by atoms with Gasteiger partial charge in [0.25, 0.3) is 0 Å². The molecule has 1 heterocycles. The third-order valence-electron chi connectivity index (χ3n) is 3.31. The maximum atomic E-state index is 12.1. The smallest absolute Gasteiger partial charge is 0.246 e. The van der Waals surface area contributed by atoms with E-state index in [1.165, 1.54) is 54.4 Å².